The van der Waals surface area contributed by atoms with Gasteiger partial charge >= 0.3 is 0 Å². The Morgan fingerprint density at radius 3 is 2.57 bits per heavy atom. The predicted octanol–water partition coefficient (Wildman–Crippen LogP) is 1.77. The second kappa shape index (κ2) is 6.58. The molecule has 0 spiro atoms. The van der Waals surface area contributed by atoms with Crippen molar-refractivity contribution in [1.29, 1.82) is 0 Å². The highest BCUT2D eigenvalue weighted by atomic mass is 16.5. The number of benzene rings is 1. The third-order valence-electron chi connectivity index (χ3n) is 4.59. The monoisotopic (exact) mass is 288 g/mol. The topological polar surface area (TPSA) is 41.6 Å². The van der Waals surface area contributed by atoms with Crippen LogP contribution in [-0.4, -0.2) is 49.2 Å². The molecule has 1 aliphatic carbocycles. The molecule has 4 nitrogen and oxygen atoms in total. The number of carbonyl (C=O) groups is 1. The number of hydrogen-bond acceptors (Lipinski definition) is 3. The van der Waals surface area contributed by atoms with E-state index < -0.39 is 0 Å². The summed E-state index contributed by atoms with van der Waals surface area (Å²) in [7, 11) is 0. The van der Waals surface area contributed by atoms with Crippen LogP contribution in [0.1, 0.15) is 31.2 Å². The first-order chi connectivity index (χ1) is 10.2. The number of hydrogen-bond donors (Lipinski definition) is 1. The molecule has 114 valence electrons. The lowest BCUT2D eigenvalue weighted by Gasteiger charge is -2.39. The molecule has 1 heterocycles. The lowest BCUT2D eigenvalue weighted by molar-refractivity contribution is -0.137. The molecule has 1 saturated carbocycles. The van der Waals surface area contributed by atoms with Gasteiger partial charge in [0, 0.05) is 19.1 Å². The lowest BCUT2D eigenvalue weighted by Crippen LogP contribution is -2.53. The summed E-state index contributed by atoms with van der Waals surface area (Å²) in [6, 6.07) is 11.0. The quantitative estimate of drug-likeness (QED) is 0.918. The van der Waals surface area contributed by atoms with Crippen molar-refractivity contribution in [3.8, 4) is 0 Å². The van der Waals surface area contributed by atoms with Gasteiger partial charge in [-0.15, -0.1) is 0 Å². The minimum absolute atomic E-state index is 0.0928. The van der Waals surface area contributed by atoms with Crippen LogP contribution in [0.25, 0.3) is 0 Å². The minimum atomic E-state index is -0.0928. The zero-order chi connectivity index (χ0) is 14.7. The second-order valence-corrected chi connectivity index (χ2v) is 6.10. The maximum absolute atomic E-state index is 12.3. The summed E-state index contributed by atoms with van der Waals surface area (Å²) < 4.78 is 5.29. The summed E-state index contributed by atoms with van der Waals surface area (Å²) in [5, 5.41) is 3.48. The van der Waals surface area contributed by atoms with Crippen molar-refractivity contribution in [2.24, 2.45) is 0 Å². The van der Waals surface area contributed by atoms with Crippen LogP contribution >= 0.6 is 0 Å². The maximum atomic E-state index is 12.3. The van der Waals surface area contributed by atoms with Crippen molar-refractivity contribution in [2.45, 2.75) is 37.8 Å². The number of carbonyl (C=O) groups excluding carboxylic acids is 1. The van der Waals surface area contributed by atoms with Gasteiger partial charge in [-0.1, -0.05) is 30.3 Å². The minimum Gasteiger partial charge on any atom is -0.378 e. The standard InChI is InChI=1S/C17H24N2O2/c1-13(17(20)19-7-9-21-10-8-19)18-16-11-15(12-16)14-5-3-2-4-6-14/h2-6,13,15-16,18H,7-12H2,1H3. The molecule has 0 radical (unpaired) electrons. The highest BCUT2D eigenvalue weighted by molar-refractivity contribution is 5.81. The Morgan fingerprint density at radius 2 is 1.90 bits per heavy atom. The molecule has 4 heteroatoms. The normalized spacial score (nSPS) is 27.0. The Balaban J connectivity index is 1.44. The first kappa shape index (κ1) is 14.5. The van der Waals surface area contributed by atoms with E-state index >= 15 is 0 Å². The molecule has 1 amide bonds. The van der Waals surface area contributed by atoms with Crippen molar-refractivity contribution < 1.29 is 9.53 Å². The van der Waals surface area contributed by atoms with E-state index in [0.717, 1.165) is 25.9 Å². The zero-order valence-electron chi connectivity index (χ0n) is 12.6. The summed E-state index contributed by atoms with van der Waals surface area (Å²) in [5.41, 5.74) is 1.42. The van der Waals surface area contributed by atoms with E-state index in [9.17, 15) is 4.79 Å². The van der Waals surface area contributed by atoms with Crippen LogP contribution < -0.4 is 5.32 Å². The fourth-order valence-corrected chi connectivity index (χ4v) is 3.23. The summed E-state index contributed by atoms with van der Waals surface area (Å²) in [6.07, 6.45) is 2.26. The van der Waals surface area contributed by atoms with Gasteiger partial charge < -0.3 is 15.0 Å². The fraction of sp³-hybridized carbons (Fsp3) is 0.588. The van der Waals surface area contributed by atoms with Gasteiger partial charge in [0.25, 0.3) is 0 Å². The van der Waals surface area contributed by atoms with Crippen molar-refractivity contribution in [1.82, 2.24) is 10.2 Å². The van der Waals surface area contributed by atoms with Gasteiger partial charge in [0.1, 0.15) is 0 Å². The maximum Gasteiger partial charge on any atom is 0.239 e. The van der Waals surface area contributed by atoms with Crippen LogP contribution in [0.3, 0.4) is 0 Å². The van der Waals surface area contributed by atoms with E-state index in [2.05, 4.69) is 35.6 Å². The number of ether oxygens (including phenoxy) is 1. The largest absolute Gasteiger partial charge is 0.378 e. The van der Waals surface area contributed by atoms with Gasteiger partial charge in [0.05, 0.1) is 19.3 Å². The van der Waals surface area contributed by atoms with Crippen molar-refractivity contribution in [2.75, 3.05) is 26.3 Å². The van der Waals surface area contributed by atoms with Crippen molar-refractivity contribution in [3.63, 3.8) is 0 Å². The third kappa shape index (κ3) is 3.44. The molecule has 1 aromatic carbocycles. The first-order valence-corrected chi connectivity index (χ1v) is 7.91. The average molecular weight is 288 g/mol. The summed E-state index contributed by atoms with van der Waals surface area (Å²) in [6.45, 7) is 4.76. The van der Waals surface area contributed by atoms with Crippen LogP contribution in [-0.2, 0) is 9.53 Å². The van der Waals surface area contributed by atoms with Gasteiger partial charge in [-0.2, -0.15) is 0 Å². The van der Waals surface area contributed by atoms with E-state index in [1.54, 1.807) is 0 Å². The fourth-order valence-electron chi connectivity index (χ4n) is 3.23. The number of morpholine rings is 1. The van der Waals surface area contributed by atoms with Gasteiger partial charge in [-0.3, -0.25) is 4.79 Å². The van der Waals surface area contributed by atoms with Gasteiger partial charge in [-0.05, 0) is 31.2 Å². The third-order valence-corrected chi connectivity index (χ3v) is 4.59. The Labute approximate surface area is 126 Å². The van der Waals surface area contributed by atoms with Crippen LogP contribution in [0.2, 0.25) is 0 Å². The summed E-state index contributed by atoms with van der Waals surface area (Å²) in [5.74, 6) is 0.857. The van der Waals surface area contributed by atoms with E-state index in [4.69, 9.17) is 4.74 Å². The molecule has 1 aliphatic heterocycles. The first-order valence-electron chi connectivity index (χ1n) is 7.91. The SMILES string of the molecule is CC(NC1CC(c2ccccc2)C1)C(=O)N1CCOCC1. The van der Waals surface area contributed by atoms with Crippen LogP contribution in [0, 0.1) is 0 Å². The Hall–Kier alpha value is -1.39. The van der Waals surface area contributed by atoms with Gasteiger partial charge in [0.15, 0.2) is 0 Å². The molecule has 1 saturated heterocycles. The average Bonchev–Trinajstić information content (AvgIpc) is 2.51. The number of nitrogens with one attached hydrogen (secondary N) is 1. The molecule has 1 atom stereocenters. The molecule has 2 fully saturated rings. The molecule has 21 heavy (non-hydrogen) atoms. The molecule has 1 unspecified atom stereocenters. The zero-order valence-corrected chi connectivity index (χ0v) is 12.6. The molecule has 0 bridgehead atoms. The van der Waals surface area contributed by atoms with E-state index in [0.29, 0.717) is 25.2 Å². The number of rotatable bonds is 4. The summed E-state index contributed by atoms with van der Waals surface area (Å²) >= 11 is 0. The van der Waals surface area contributed by atoms with Crippen molar-refractivity contribution in [3.05, 3.63) is 35.9 Å². The molecule has 1 aromatic rings. The smallest absolute Gasteiger partial charge is 0.239 e. The van der Waals surface area contributed by atoms with Crippen LogP contribution in [0.5, 0.6) is 0 Å². The molecule has 1 N–H and O–H groups in total. The van der Waals surface area contributed by atoms with Crippen LogP contribution in [0.15, 0.2) is 30.3 Å². The Bertz CT molecular complexity index is 465. The lowest BCUT2D eigenvalue weighted by atomic mass is 9.75. The molecular weight excluding hydrogens is 264 g/mol. The highest BCUT2D eigenvalue weighted by Crippen LogP contribution is 2.36. The molecule has 0 aromatic heterocycles. The molecule has 3 rings (SSSR count). The highest BCUT2D eigenvalue weighted by Gasteiger charge is 2.33. The Morgan fingerprint density at radius 1 is 1.24 bits per heavy atom. The van der Waals surface area contributed by atoms with Crippen LogP contribution in [0.4, 0.5) is 0 Å². The van der Waals surface area contributed by atoms with E-state index in [1.807, 2.05) is 11.8 Å². The Kier molecular flexibility index (Phi) is 4.56. The predicted molar refractivity (Wildman–Crippen MR) is 82.2 cm³/mol. The summed E-state index contributed by atoms with van der Waals surface area (Å²) in [4.78, 5) is 14.2. The number of amides is 1. The van der Waals surface area contributed by atoms with Gasteiger partial charge in [-0.25, -0.2) is 0 Å². The molecule has 2 aliphatic rings. The molecular formula is C17H24N2O2. The van der Waals surface area contributed by atoms with Crippen molar-refractivity contribution >= 4 is 5.91 Å². The van der Waals surface area contributed by atoms with E-state index in [-0.39, 0.29) is 11.9 Å². The van der Waals surface area contributed by atoms with E-state index in [1.165, 1.54) is 5.56 Å². The second-order valence-electron chi connectivity index (χ2n) is 6.10. The van der Waals surface area contributed by atoms with Gasteiger partial charge in [0.2, 0.25) is 5.91 Å². The number of nitrogens with zero attached hydrogens (tertiary/aromatic N) is 1.